The number of aromatic nitrogens is 1. The molecule has 0 saturated carbocycles. The van der Waals surface area contributed by atoms with Gasteiger partial charge in [-0.3, -0.25) is 14.5 Å². The summed E-state index contributed by atoms with van der Waals surface area (Å²) in [4.78, 5) is 33.8. The van der Waals surface area contributed by atoms with Crippen molar-refractivity contribution in [1.82, 2.24) is 20.1 Å². The molecule has 1 spiro atoms. The first-order chi connectivity index (χ1) is 12.5. The lowest BCUT2D eigenvalue weighted by Gasteiger charge is -2.44. The molecule has 2 aromatic rings. The second-order valence-corrected chi connectivity index (χ2v) is 7.27. The van der Waals surface area contributed by atoms with Gasteiger partial charge in [-0.05, 0) is 44.5 Å². The molecule has 7 nitrogen and oxygen atoms in total. The first-order valence-electron chi connectivity index (χ1n) is 9.16. The maximum atomic E-state index is 12.9. The summed E-state index contributed by atoms with van der Waals surface area (Å²) >= 11 is 0. The molecular weight excluding hydrogens is 332 g/mol. The van der Waals surface area contributed by atoms with Crippen LogP contribution in [0.5, 0.6) is 0 Å². The number of rotatable bonds is 1. The number of nitrogens with one attached hydrogen (secondary N) is 1. The van der Waals surface area contributed by atoms with E-state index in [9.17, 15) is 9.59 Å². The normalized spacial score (nSPS) is 21.0. The van der Waals surface area contributed by atoms with Gasteiger partial charge in [0.1, 0.15) is 11.1 Å². The smallest absolute Gasteiger partial charge is 0.253 e. The predicted molar refractivity (Wildman–Crippen MR) is 96.9 cm³/mol. The van der Waals surface area contributed by atoms with Crippen molar-refractivity contribution < 1.29 is 14.0 Å². The molecule has 4 rings (SSSR count). The third kappa shape index (κ3) is 2.76. The molecule has 3 heterocycles. The topological polar surface area (TPSA) is 78.7 Å². The van der Waals surface area contributed by atoms with E-state index in [1.54, 1.807) is 19.1 Å². The van der Waals surface area contributed by atoms with Crippen LogP contribution in [0.4, 0.5) is 0 Å². The van der Waals surface area contributed by atoms with Crippen molar-refractivity contribution in [3.8, 4) is 0 Å². The third-order valence-corrected chi connectivity index (χ3v) is 5.73. The Hall–Kier alpha value is -2.41. The maximum absolute atomic E-state index is 12.9. The van der Waals surface area contributed by atoms with E-state index in [0.29, 0.717) is 43.0 Å². The van der Waals surface area contributed by atoms with Gasteiger partial charge in [0.15, 0.2) is 11.5 Å². The number of carbonyl (C=O) groups excluding carboxylic acids is 2. The van der Waals surface area contributed by atoms with Crippen LogP contribution in [0, 0.1) is 6.92 Å². The molecular formula is C19H24N4O3. The third-order valence-electron chi connectivity index (χ3n) is 5.73. The van der Waals surface area contributed by atoms with Gasteiger partial charge in [0.2, 0.25) is 5.91 Å². The van der Waals surface area contributed by atoms with Crippen LogP contribution in [0.3, 0.4) is 0 Å². The van der Waals surface area contributed by atoms with E-state index in [1.165, 1.54) is 0 Å². The summed E-state index contributed by atoms with van der Waals surface area (Å²) in [6.07, 6.45) is 2.28. The zero-order chi connectivity index (χ0) is 18.3. The molecule has 1 aromatic carbocycles. The Morgan fingerprint density at radius 1 is 1.27 bits per heavy atom. The van der Waals surface area contributed by atoms with Crippen LogP contribution < -0.4 is 5.32 Å². The Morgan fingerprint density at radius 2 is 2.04 bits per heavy atom. The summed E-state index contributed by atoms with van der Waals surface area (Å²) in [7, 11) is 2.02. The van der Waals surface area contributed by atoms with E-state index in [1.807, 2.05) is 18.0 Å². The molecule has 26 heavy (non-hydrogen) atoms. The number of oxazole rings is 1. The Kier molecular flexibility index (Phi) is 4.19. The highest BCUT2D eigenvalue weighted by Crippen LogP contribution is 2.30. The standard InChI is InChI=1S/C19H24N4O3/c1-13-21-15-5-4-14(12-16(15)26-13)17(24)23-10-6-19(7-11-23)18(25)20-8-3-9-22(19)2/h4-5,12H,3,6-11H2,1-2H3,(H,20,25). The van der Waals surface area contributed by atoms with Crippen molar-refractivity contribution in [2.24, 2.45) is 0 Å². The molecule has 2 amide bonds. The van der Waals surface area contributed by atoms with Gasteiger partial charge >= 0.3 is 0 Å². The number of hydrogen-bond donors (Lipinski definition) is 1. The molecule has 0 bridgehead atoms. The summed E-state index contributed by atoms with van der Waals surface area (Å²) in [5, 5.41) is 3.03. The fourth-order valence-corrected chi connectivity index (χ4v) is 4.11. The highest BCUT2D eigenvalue weighted by molar-refractivity contribution is 5.97. The molecule has 2 aliphatic heterocycles. The van der Waals surface area contributed by atoms with Crippen LogP contribution in [-0.4, -0.2) is 65.4 Å². The van der Waals surface area contributed by atoms with E-state index in [-0.39, 0.29) is 11.8 Å². The lowest BCUT2D eigenvalue weighted by Crippen LogP contribution is -2.61. The quantitative estimate of drug-likeness (QED) is 0.839. The maximum Gasteiger partial charge on any atom is 0.253 e. The molecule has 1 aromatic heterocycles. The number of likely N-dealkylation sites (N-methyl/N-ethyl adjacent to an activating group) is 1. The number of carbonyl (C=O) groups is 2. The number of benzene rings is 1. The lowest BCUT2D eigenvalue weighted by atomic mass is 9.85. The molecule has 1 N–H and O–H groups in total. The van der Waals surface area contributed by atoms with Gasteiger partial charge in [-0.15, -0.1) is 0 Å². The van der Waals surface area contributed by atoms with Crippen molar-refractivity contribution in [3.05, 3.63) is 29.7 Å². The van der Waals surface area contributed by atoms with Crippen LogP contribution in [0.25, 0.3) is 11.1 Å². The van der Waals surface area contributed by atoms with Crippen LogP contribution in [-0.2, 0) is 4.79 Å². The average Bonchev–Trinajstić information content (AvgIpc) is 2.97. The van der Waals surface area contributed by atoms with E-state index in [4.69, 9.17) is 4.42 Å². The number of piperidine rings is 1. The molecule has 138 valence electrons. The second kappa shape index (κ2) is 6.39. The van der Waals surface area contributed by atoms with Crippen LogP contribution in [0.15, 0.2) is 22.6 Å². The Labute approximate surface area is 152 Å². The van der Waals surface area contributed by atoms with Gasteiger partial charge in [-0.2, -0.15) is 0 Å². The minimum atomic E-state index is -0.487. The number of nitrogens with zero attached hydrogens (tertiary/aromatic N) is 3. The van der Waals surface area contributed by atoms with Crippen molar-refractivity contribution >= 4 is 22.9 Å². The first-order valence-corrected chi connectivity index (χ1v) is 9.16. The van der Waals surface area contributed by atoms with E-state index < -0.39 is 5.54 Å². The molecule has 0 atom stereocenters. The van der Waals surface area contributed by atoms with Gasteiger partial charge in [0, 0.05) is 38.7 Å². The summed E-state index contributed by atoms with van der Waals surface area (Å²) in [5.41, 5.74) is 1.50. The predicted octanol–water partition coefficient (Wildman–Crippen LogP) is 1.56. The molecule has 2 aliphatic rings. The fraction of sp³-hybridized carbons (Fsp3) is 0.526. The summed E-state index contributed by atoms with van der Waals surface area (Å²) in [6.45, 7) is 4.56. The highest BCUT2D eigenvalue weighted by atomic mass is 16.3. The molecule has 0 unspecified atom stereocenters. The van der Waals surface area contributed by atoms with E-state index >= 15 is 0 Å². The highest BCUT2D eigenvalue weighted by Gasteiger charge is 2.46. The van der Waals surface area contributed by atoms with Crippen molar-refractivity contribution in [3.63, 3.8) is 0 Å². The van der Waals surface area contributed by atoms with Crippen LogP contribution in [0.2, 0.25) is 0 Å². The number of amides is 2. The summed E-state index contributed by atoms with van der Waals surface area (Å²) < 4.78 is 5.54. The summed E-state index contributed by atoms with van der Waals surface area (Å²) in [6, 6.07) is 5.37. The van der Waals surface area contributed by atoms with E-state index in [0.717, 1.165) is 25.0 Å². The first kappa shape index (κ1) is 17.0. The molecule has 0 radical (unpaired) electrons. The zero-order valence-corrected chi connectivity index (χ0v) is 15.2. The van der Waals surface area contributed by atoms with Gasteiger partial charge in [-0.25, -0.2) is 4.98 Å². The van der Waals surface area contributed by atoms with E-state index in [2.05, 4.69) is 15.2 Å². The van der Waals surface area contributed by atoms with Crippen molar-refractivity contribution in [2.75, 3.05) is 33.2 Å². The SMILES string of the molecule is Cc1nc2ccc(C(=O)N3CCC4(CC3)C(=O)NCCCN4C)cc2o1. The minimum absolute atomic E-state index is 0.0208. The van der Waals surface area contributed by atoms with Crippen molar-refractivity contribution in [1.29, 1.82) is 0 Å². The minimum Gasteiger partial charge on any atom is -0.441 e. The number of fused-ring (bicyclic) bond motifs is 1. The Balaban J connectivity index is 1.51. The van der Waals surface area contributed by atoms with Crippen molar-refractivity contribution in [2.45, 2.75) is 31.7 Å². The monoisotopic (exact) mass is 356 g/mol. The molecule has 2 fully saturated rings. The fourth-order valence-electron chi connectivity index (χ4n) is 4.11. The number of hydrogen-bond acceptors (Lipinski definition) is 5. The lowest BCUT2D eigenvalue weighted by molar-refractivity contribution is -0.134. The Morgan fingerprint density at radius 3 is 2.81 bits per heavy atom. The van der Waals surface area contributed by atoms with Gasteiger partial charge < -0.3 is 14.6 Å². The second-order valence-electron chi connectivity index (χ2n) is 7.27. The Bertz CT molecular complexity index is 852. The zero-order valence-electron chi connectivity index (χ0n) is 15.2. The largest absolute Gasteiger partial charge is 0.441 e. The number of aryl methyl sites for hydroxylation is 1. The van der Waals surface area contributed by atoms with Gasteiger partial charge in [-0.1, -0.05) is 0 Å². The van der Waals surface area contributed by atoms with Crippen LogP contribution in [0.1, 0.15) is 35.5 Å². The van der Waals surface area contributed by atoms with Gasteiger partial charge in [0.25, 0.3) is 5.91 Å². The molecule has 7 heteroatoms. The molecule has 0 aliphatic carbocycles. The summed E-state index contributed by atoms with van der Waals surface area (Å²) in [5.74, 6) is 0.669. The average molecular weight is 356 g/mol. The molecule has 2 saturated heterocycles. The number of likely N-dealkylation sites (tertiary alicyclic amines) is 1. The van der Waals surface area contributed by atoms with Crippen LogP contribution >= 0.6 is 0 Å². The van der Waals surface area contributed by atoms with Gasteiger partial charge in [0.05, 0.1) is 0 Å².